The van der Waals surface area contributed by atoms with Crippen molar-refractivity contribution >= 4 is 6.03 Å². The second-order valence-corrected chi connectivity index (χ2v) is 5.05. The van der Waals surface area contributed by atoms with Gasteiger partial charge in [0.1, 0.15) is 0 Å². The lowest BCUT2D eigenvalue weighted by molar-refractivity contribution is 0.153. The summed E-state index contributed by atoms with van der Waals surface area (Å²) in [6.45, 7) is 7.32. The topological polar surface area (TPSA) is 64.6 Å². The molecule has 0 spiro atoms. The molecule has 0 aliphatic carbocycles. The lowest BCUT2D eigenvalue weighted by Crippen LogP contribution is -2.48. The van der Waals surface area contributed by atoms with E-state index in [9.17, 15) is 4.79 Å². The zero-order chi connectivity index (χ0) is 13.4. The normalized spacial score (nSPS) is 22.5. The standard InChI is InChI=1S/C13H27N3O2/c1-3-16-9-5-4-6-12(16)10-15-13(18)14-8-7-11(2)17/h11-12,17H,3-10H2,1-2H3,(H2,14,15,18). The Balaban J connectivity index is 2.16. The first kappa shape index (κ1) is 15.2. The maximum atomic E-state index is 11.5. The third-order valence-electron chi connectivity index (χ3n) is 3.50. The minimum Gasteiger partial charge on any atom is -0.393 e. The quantitative estimate of drug-likeness (QED) is 0.663. The Kier molecular flexibility index (Phi) is 7.05. The van der Waals surface area contributed by atoms with Crippen molar-refractivity contribution in [3.8, 4) is 0 Å². The van der Waals surface area contributed by atoms with Crippen LogP contribution < -0.4 is 10.6 Å². The monoisotopic (exact) mass is 257 g/mol. The summed E-state index contributed by atoms with van der Waals surface area (Å²) in [5.74, 6) is 0. The van der Waals surface area contributed by atoms with Crippen LogP contribution in [0.1, 0.15) is 39.5 Å². The van der Waals surface area contributed by atoms with E-state index in [0.29, 0.717) is 25.6 Å². The van der Waals surface area contributed by atoms with Crippen LogP contribution in [0.3, 0.4) is 0 Å². The molecule has 0 bridgehead atoms. The third kappa shape index (κ3) is 5.69. The summed E-state index contributed by atoms with van der Waals surface area (Å²) in [5.41, 5.74) is 0. The first-order valence-corrected chi connectivity index (χ1v) is 7.07. The van der Waals surface area contributed by atoms with Crippen LogP contribution in [0.2, 0.25) is 0 Å². The Morgan fingerprint density at radius 1 is 1.44 bits per heavy atom. The molecule has 1 rings (SSSR count). The number of aliphatic hydroxyl groups is 1. The number of rotatable bonds is 6. The van der Waals surface area contributed by atoms with Crippen LogP contribution in [0.15, 0.2) is 0 Å². The molecule has 1 fully saturated rings. The number of hydrogen-bond donors (Lipinski definition) is 3. The molecule has 2 amide bonds. The van der Waals surface area contributed by atoms with Gasteiger partial charge in [-0.15, -0.1) is 0 Å². The lowest BCUT2D eigenvalue weighted by atomic mass is 10.0. The summed E-state index contributed by atoms with van der Waals surface area (Å²) >= 11 is 0. The second-order valence-electron chi connectivity index (χ2n) is 5.05. The minimum absolute atomic E-state index is 0.128. The molecule has 1 saturated heterocycles. The average molecular weight is 257 g/mol. The van der Waals surface area contributed by atoms with E-state index in [1.807, 2.05) is 0 Å². The van der Waals surface area contributed by atoms with Gasteiger partial charge in [-0.3, -0.25) is 4.90 Å². The highest BCUT2D eigenvalue weighted by molar-refractivity contribution is 5.73. The highest BCUT2D eigenvalue weighted by atomic mass is 16.3. The SMILES string of the molecule is CCN1CCCCC1CNC(=O)NCCC(C)O. The summed E-state index contributed by atoms with van der Waals surface area (Å²) in [5, 5.41) is 14.8. The van der Waals surface area contributed by atoms with Crippen molar-refractivity contribution in [3.63, 3.8) is 0 Å². The van der Waals surface area contributed by atoms with Crippen molar-refractivity contribution in [2.75, 3.05) is 26.2 Å². The number of carbonyl (C=O) groups is 1. The molecule has 1 aliphatic rings. The second kappa shape index (κ2) is 8.32. The van der Waals surface area contributed by atoms with Gasteiger partial charge in [0.25, 0.3) is 0 Å². The fourth-order valence-corrected chi connectivity index (χ4v) is 2.38. The molecule has 2 atom stereocenters. The number of urea groups is 1. The van der Waals surface area contributed by atoms with Crippen molar-refractivity contribution in [3.05, 3.63) is 0 Å². The van der Waals surface area contributed by atoms with Gasteiger partial charge in [0, 0.05) is 19.1 Å². The number of likely N-dealkylation sites (N-methyl/N-ethyl adjacent to an activating group) is 1. The first-order chi connectivity index (χ1) is 8.63. The molecule has 0 aromatic rings. The molecule has 1 heterocycles. The summed E-state index contributed by atoms with van der Waals surface area (Å²) in [4.78, 5) is 14.0. The van der Waals surface area contributed by atoms with Crippen LogP contribution in [-0.4, -0.2) is 54.4 Å². The number of likely N-dealkylation sites (tertiary alicyclic amines) is 1. The van der Waals surface area contributed by atoms with Crippen LogP contribution in [0.25, 0.3) is 0 Å². The van der Waals surface area contributed by atoms with Gasteiger partial charge in [-0.1, -0.05) is 13.3 Å². The number of aliphatic hydroxyl groups excluding tert-OH is 1. The zero-order valence-electron chi connectivity index (χ0n) is 11.6. The highest BCUT2D eigenvalue weighted by Gasteiger charge is 2.20. The van der Waals surface area contributed by atoms with Crippen LogP contribution in [0, 0.1) is 0 Å². The molecule has 0 aromatic heterocycles. The first-order valence-electron chi connectivity index (χ1n) is 7.07. The Labute approximate surface area is 110 Å². The summed E-state index contributed by atoms with van der Waals surface area (Å²) < 4.78 is 0. The van der Waals surface area contributed by atoms with Crippen LogP contribution in [0.4, 0.5) is 4.79 Å². The smallest absolute Gasteiger partial charge is 0.314 e. The molecule has 106 valence electrons. The van der Waals surface area contributed by atoms with Crippen molar-refractivity contribution in [2.45, 2.75) is 51.7 Å². The van der Waals surface area contributed by atoms with Crippen molar-refractivity contribution in [2.24, 2.45) is 0 Å². The number of nitrogens with zero attached hydrogens (tertiary/aromatic N) is 1. The molecule has 0 radical (unpaired) electrons. The molecule has 5 nitrogen and oxygen atoms in total. The largest absolute Gasteiger partial charge is 0.393 e. The van der Waals surface area contributed by atoms with Gasteiger partial charge >= 0.3 is 6.03 Å². The number of nitrogens with one attached hydrogen (secondary N) is 2. The summed E-state index contributed by atoms with van der Waals surface area (Å²) in [7, 11) is 0. The molecule has 3 N–H and O–H groups in total. The van der Waals surface area contributed by atoms with E-state index in [-0.39, 0.29) is 12.1 Å². The van der Waals surface area contributed by atoms with Crippen molar-refractivity contribution in [1.29, 1.82) is 0 Å². The van der Waals surface area contributed by atoms with E-state index in [0.717, 1.165) is 13.1 Å². The molecule has 18 heavy (non-hydrogen) atoms. The average Bonchev–Trinajstić information content (AvgIpc) is 2.36. The summed E-state index contributed by atoms with van der Waals surface area (Å²) in [6, 6.07) is 0.351. The minimum atomic E-state index is -0.362. The van der Waals surface area contributed by atoms with E-state index < -0.39 is 0 Å². The number of hydrogen-bond acceptors (Lipinski definition) is 3. The molecular weight excluding hydrogens is 230 g/mol. The molecule has 0 saturated carbocycles. The summed E-state index contributed by atoms with van der Waals surface area (Å²) in [6.07, 6.45) is 3.93. The van der Waals surface area contributed by atoms with E-state index in [4.69, 9.17) is 5.11 Å². The Bertz CT molecular complexity index is 246. The Morgan fingerprint density at radius 3 is 2.89 bits per heavy atom. The molecule has 5 heteroatoms. The van der Waals surface area contributed by atoms with Gasteiger partial charge in [0.15, 0.2) is 0 Å². The molecule has 1 aliphatic heterocycles. The van der Waals surface area contributed by atoms with Gasteiger partial charge in [0.2, 0.25) is 0 Å². The number of carbonyl (C=O) groups excluding carboxylic acids is 1. The predicted molar refractivity (Wildman–Crippen MR) is 72.6 cm³/mol. The van der Waals surface area contributed by atoms with Gasteiger partial charge in [0.05, 0.1) is 6.10 Å². The van der Waals surface area contributed by atoms with E-state index >= 15 is 0 Å². The third-order valence-corrected chi connectivity index (χ3v) is 3.50. The maximum Gasteiger partial charge on any atom is 0.314 e. The number of amides is 2. The predicted octanol–water partition coefficient (Wildman–Crippen LogP) is 0.931. The van der Waals surface area contributed by atoms with E-state index in [2.05, 4.69) is 22.5 Å². The van der Waals surface area contributed by atoms with Gasteiger partial charge in [-0.25, -0.2) is 4.79 Å². The Morgan fingerprint density at radius 2 is 2.22 bits per heavy atom. The van der Waals surface area contributed by atoms with Crippen LogP contribution in [-0.2, 0) is 0 Å². The van der Waals surface area contributed by atoms with Gasteiger partial charge in [-0.2, -0.15) is 0 Å². The van der Waals surface area contributed by atoms with E-state index in [1.54, 1.807) is 6.92 Å². The van der Waals surface area contributed by atoms with Crippen molar-refractivity contribution in [1.82, 2.24) is 15.5 Å². The van der Waals surface area contributed by atoms with Crippen LogP contribution >= 0.6 is 0 Å². The molecular formula is C13H27N3O2. The van der Waals surface area contributed by atoms with Crippen molar-refractivity contribution < 1.29 is 9.90 Å². The highest BCUT2D eigenvalue weighted by Crippen LogP contribution is 2.15. The molecule has 2 unspecified atom stereocenters. The molecule has 0 aromatic carbocycles. The lowest BCUT2D eigenvalue weighted by Gasteiger charge is -2.34. The number of piperidine rings is 1. The van der Waals surface area contributed by atoms with Gasteiger partial charge in [-0.05, 0) is 39.3 Å². The van der Waals surface area contributed by atoms with Gasteiger partial charge < -0.3 is 15.7 Å². The van der Waals surface area contributed by atoms with Crippen LogP contribution in [0.5, 0.6) is 0 Å². The fourth-order valence-electron chi connectivity index (χ4n) is 2.38. The Hall–Kier alpha value is -0.810. The fraction of sp³-hybridized carbons (Fsp3) is 0.923. The maximum absolute atomic E-state index is 11.5. The van der Waals surface area contributed by atoms with E-state index in [1.165, 1.54) is 19.3 Å². The zero-order valence-corrected chi connectivity index (χ0v) is 11.6.